The number of aryl methyl sites for hydroxylation is 3. The number of hydrogen-bond donors (Lipinski definition) is 1. The molecule has 2 aromatic heterocycles. The van der Waals surface area contributed by atoms with Crippen LogP contribution in [0.25, 0.3) is 11.2 Å². The lowest BCUT2D eigenvalue weighted by atomic mass is 10.3. The Morgan fingerprint density at radius 1 is 1.44 bits per heavy atom. The molecule has 18 heavy (non-hydrogen) atoms. The summed E-state index contributed by atoms with van der Waals surface area (Å²) in [7, 11) is 5.33. The van der Waals surface area contributed by atoms with E-state index in [0.29, 0.717) is 18.9 Å². The fourth-order valence-corrected chi connectivity index (χ4v) is 2.00. The molecule has 0 aliphatic carbocycles. The van der Waals surface area contributed by atoms with Gasteiger partial charge in [-0.15, -0.1) is 0 Å². The molecule has 98 valence electrons. The van der Waals surface area contributed by atoms with E-state index in [1.54, 1.807) is 23.7 Å². The van der Waals surface area contributed by atoms with Crippen LogP contribution in [0.15, 0.2) is 0 Å². The van der Waals surface area contributed by atoms with Crippen molar-refractivity contribution in [3.63, 3.8) is 0 Å². The fourth-order valence-electron chi connectivity index (χ4n) is 2.00. The molecule has 2 aromatic rings. The van der Waals surface area contributed by atoms with Gasteiger partial charge in [0.1, 0.15) is 5.52 Å². The lowest BCUT2D eigenvalue weighted by Crippen LogP contribution is -2.23. The molecule has 2 heterocycles. The van der Waals surface area contributed by atoms with Crippen molar-refractivity contribution in [3.8, 4) is 0 Å². The monoisotopic (exact) mass is 250 g/mol. The first-order valence-corrected chi connectivity index (χ1v) is 5.77. The zero-order valence-corrected chi connectivity index (χ0v) is 11.1. The van der Waals surface area contributed by atoms with Crippen molar-refractivity contribution in [1.29, 1.82) is 0 Å². The number of imidazole rings is 1. The predicted octanol–water partition coefficient (Wildman–Crippen LogP) is 0.139. The Kier molecular flexibility index (Phi) is 2.98. The number of amides is 1. The van der Waals surface area contributed by atoms with E-state index >= 15 is 0 Å². The number of nitrogens with two attached hydrogens (primary N) is 1. The van der Waals surface area contributed by atoms with Crippen LogP contribution in [0.4, 0.5) is 5.95 Å². The number of rotatable bonds is 3. The molecule has 0 unspecified atom stereocenters. The third kappa shape index (κ3) is 1.92. The summed E-state index contributed by atoms with van der Waals surface area (Å²) in [6, 6.07) is 0. The maximum atomic E-state index is 11.6. The molecule has 0 aliphatic heterocycles. The van der Waals surface area contributed by atoms with Gasteiger partial charge in [-0.3, -0.25) is 14.0 Å². The Morgan fingerprint density at radius 3 is 2.72 bits per heavy atom. The van der Waals surface area contributed by atoms with Gasteiger partial charge >= 0.3 is 0 Å². The first-order chi connectivity index (χ1) is 8.41. The number of carbonyl (C=O) groups is 1. The van der Waals surface area contributed by atoms with Crippen LogP contribution in [0.2, 0.25) is 0 Å². The van der Waals surface area contributed by atoms with Crippen LogP contribution >= 0.6 is 0 Å². The Bertz CT molecular complexity index is 594. The van der Waals surface area contributed by atoms with Crippen LogP contribution in [0.3, 0.4) is 0 Å². The second-order valence-corrected chi connectivity index (χ2v) is 4.54. The van der Waals surface area contributed by atoms with Crippen LogP contribution < -0.4 is 5.73 Å². The van der Waals surface area contributed by atoms with Gasteiger partial charge in [-0.1, -0.05) is 0 Å². The van der Waals surface area contributed by atoms with E-state index in [9.17, 15) is 4.79 Å². The van der Waals surface area contributed by atoms with E-state index in [-0.39, 0.29) is 5.91 Å². The summed E-state index contributed by atoms with van der Waals surface area (Å²) in [6.07, 6.45) is 0.396. The third-order valence-corrected chi connectivity index (χ3v) is 2.97. The molecule has 2 N–H and O–H groups in total. The molecule has 0 aliphatic rings. The number of nitrogens with zero attached hydrogens (tertiary/aromatic N) is 5. The molecule has 1 amide bonds. The van der Waals surface area contributed by atoms with E-state index in [4.69, 9.17) is 5.73 Å². The Hall–Kier alpha value is -2.05. The maximum Gasteiger partial charge on any atom is 0.223 e. The molecule has 0 bridgehead atoms. The standard InChI is InChI=1S/C11H18N6O/c1-7-9-10(16(4)14-7)17(11(12)13-9)6-5-8(18)15(2)3/h5-6H2,1-4H3,(H2,12,13). The maximum absolute atomic E-state index is 11.6. The molecule has 0 saturated heterocycles. The topological polar surface area (TPSA) is 82.0 Å². The van der Waals surface area contributed by atoms with E-state index in [1.165, 1.54) is 0 Å². The minimum atomic E-state index is 0.0649. The SMILES string of the molecule is Cc1nn(C)c2c1nc(N)n2CCC(=O)N(C)C. The number of fused-ring (bicyclic) bond motifs is 1. The zero-order valence-electron chi connectivity index (χ0n) is 11.1. The average Bonchev–Trinajstić information content (AvgIpc) is 2.75. The molecule has 0 fully saturated rings. The van der Waals surface area contributed by atoms with E-state index in [1.807, 2.05) is 18.5 Å². The van der Waals surface area contributed by atoms with Gasteiger partial charge in [-0.05, 0) is 6.92 Å². The van der Waals surface area contributed by atoms with E-state index in [2.05, 4.69) is 10.1 Å². The van der Waals surface area contributed by atoms with Crippen molar-refractivity contribution in [2.75, 3.05) is 19.8 Å². The largest absolute Gasteiger partial charge is 0.369 e. The Balaban J connectivity index is 2.33. The van der Waals surface area contributed by atoms with Gasteiger partial charge in [0.15, 0.2) is 5.65 Å². The fraction of sp³-hybridized carbons (Fsp3) is 0.545. The molecule has 7 nitrogen and oxygen atoms in total. The van der Waals surface area contributed by atoms with Crippen LogP contribution in [0.1, 0.15) is 12.1 Å². The van der Waals surface area contributed by atoms with Gasteiger partial charge in [0.2, 0.25) is 11.9 Å². The highest BCUT2D eigenvalue weighted by atomic mass is 16.2. The third-order valence-electron chi connectivity index (χ3n) is 2.97. The number of nitrogen functional groups attached to an aromatic ring is 1. The first kappa shape index (κ1) is 12.4. The second kappa shape index (κ2) is 4.32. The van der Waals surface area contributed by atoms with Crippen molar-refractivity contribution in [2.24, 2.45) is 7.05 Å². The molecule has 7 heteroatoms. The smallest absolute Gasteiger partial charge is 0.223 e. The zero-order chi connectivity index (χ0) is 13.4. The minimum Gasteiger partial charge on any atom is -0.369 e. The van der Waals surface area contributed by atoms with E-state index in [0.717, 1.165) is 16.9 Å². The van der Waals surface area contributed by atoms with Gasteiger partial charge in [-0.2, -0.15) is 5.10 Å². The van der Waals surface area contributed by atoms with Gasteiger partial charge in [-0.25, -0.2) is 4.98 Å². The van der Waals surface area contributed by atoms with Gasteiger partial charge in [0, 0.05) is 34.1 Å². The van der Waals surface area contributed by atoms with E-state index < -0.39 is 0 Å². The molecule has 0 radical (unpaired) electrons. The number of hydrogen-bond acceptors (Lipinski definition) is 4. The lowest BCUT2D eigenvalue weighted by molar-refractivity contribution is -0.128. The lowest BCUT2D eigenvalue weighted by Gasteiger charge is -2.11. The second-order valence-electron chi connectivity index (χ2n) is 4.54. The molecular formula is C11H18N6O. The molecule has 2 rings (SSSR count). The van der Waals surface area contributed by atoms with Gasteiger partial charge < -0.3 is 10.6 Å². The highest BCUT2D eigenvalue weighted by Gasteiger charge is 2.16. The predicted molar refractivity (Wildman–Crippen MR) is 69.0 cm³/mol. The molecule has 0 saturated carbocycles. The highest BCUT2D eigenvalue weighted by molar-refractivity contribution is 5.78. The number of carbonyl (C=O) groups excluding carboxylic acids is 1. The summed E-state index contributed by atoms with van der Waals surface area (Å²) >= 11 is 0. The van der Waals surface area contributed by atoms with Crippen LogP contribution in [0.5, 0.6) is 0 Å². The summed E-state index contributed by atoms with van der Waals surface area (Å²) in [5, 5.41) is 4.30. The molecular weight excluding hydrogens is 232 g/mol. The Labute approximate surface area is 105 Å². The van der Waals surface area contributed by atoms with Crippen molar-refractivity contribution < 1.29 is 4.79 Å². The van der Waals surface area contributed by atoms with Gasteiger partial charge in [0.05, 0.1) is 5.69 Å². The molecule has 0 aromatic carbocycles. The van der Waals surface area contributed by atoms with Crippen molar-refractivity contribution in [3.05, 3.63) is 5.69 Å². The van der Waals surface area contributed by atoms with Crippen molar-refractivity contribution in [2.45, 2.75) is 19.9 Å². The number of aromatic nitrogens is 4. The summed E-state index contributed by atoms with van der Waals surface area (Å²) in [5.41, 5.74) is 8.38. The Morgan fingerprint density at radius 2 is 2.11 bits per heavy atom. The first-order valence-electron chi connectivity index (χ1n) is 5.77. The number of anilines is 1. The van der Waals surface area contributed by atoms with Crippen LogP contribution in [-0.2, 0) is 18.4 Å². The molecule has 0 spiro atoms. The summed E-state index contributed by atoms with van der Waals surface area (Å²) in [5.74, 6) is 0.489. The summed E-state index contributed by atoms with van der Waals surface area (Å²) < 4.78 is 3.57. The molecule has 0 atom stereocenters. The summed E-state index contributed by atoms with van der Waals surface area (Å²) in [6.45, 7) is 2.41. The normalized spacial score (nSPS) is 11.1. The minimum absolute atomic E-state index is 0.0649. The quantitative estimate of drug-likeness (QED) is 0.840. The van der Waals surface area contributed by atoms with Crippen LogP contribution in [0, 0.1) is 6.92 Å². The van der Waals surface area contributed by atoms with Gasteiger partial charge in [0.25, 0.3) is 0 Å². The van der Waals surface area contributed by atoms with Crippen LogP contribution in [-0.4, -0.2) is 44.2 Å². The average molecular weight is 250 g/mol. The van der Waals surface area contributed by atoms with Crippen molar-refractivity contribution in [1.82, 2.24) is 24.2 Å². The summed E-state index contributed by atoms with van der Waals surface area (Å²) in [4.78, 5) is 17.5. The highest BCUT2D eigenvalue weighted by Crippen LogP contribution is 2.20. The van der Waals surface area contributed by atoms with Crippen molar-refractivity contribution >= 4 is 23.0 Å².